The first-order chi connectivity index (χ1) is 16.6. The summed E-state index contributed by atoms with van der Waals surface area (Å²) < 4.78 is 15.3. The average molecular weight is 470 g/mol. The normalized spacial score (nSPS) is 14.2. The number of nitriles is 2. The smallest absolute Gasteiger partial charge is 0.128 e. The number of hydrogen-bond acceptors (Lipinski definition) is 7. The van der Waals surface area contributed by atoms with E-state index in [2.05, 4.69) is 33.0 Å². The van der Waals surface area contributed by atoms with Gasteiger partial charge in [0.25, 0.3) is 0 Å². The molecule has 0 atom stereocenters. The van der Waals surface area contributed by atoms with E-state index in [9.17, 15) is 14.9 Å². The predicted octanol–water partition coefficient (Wildman–Crippen LogP) is 4.18. The predicted molar refractivity (Wildman–Crippen MR) is 128 cm³/mol. The summed E-state index contributed by atoms with van der Waals surface area (Å²) in [6, 6.07) is 14.4. The zero-order chi connectivity index (χ0) is 23.7. The third-order valence-electron chi connectivity index (χ3n) is 5.89. The van der Waals surface area contributed by atoms with Gasteiger partial charge in [-0.05, 0) is 43.4 Å². The number of likely N-dealkylation sites (N-methyl/N-ethyl adjacent to an activating group) is 1. The van der Waals surface area contributed by atoms with Gasteiger partial charge in [-0.1, -0.05) is 11.8 Å². The number of piperazine rings is 1. The van der Waals surface area contributed by atoms with Crippen LogP contribution >= 0.6 is 11.8 Å². The maximum Gasteiger partial charge on any atom is 0.128 e. The third-order valence-corrected chi connectivity index (χ3v) is 6.99. The first-order valence-electron chi connectivity index (χ1n) is 10.7. The van der Waals surface area contributed by atoms with Gasteiger partial charge in [-0.2, -0.15) is 15.6 Å². The molecule has 1 aromatic carbocycles. The van der Waals surface area contributed by atoms with Crippen LogP contribution in [0.4, 0.5) is 10.2 Å². The molecule has 4 heterocycles. The highest BCUT2D eigenvalue weighted by Crippen LogP contribution is 2.37. The Morgan fingerprint density at radius 1 is 0.912 bits per heavy atom. The summed E-state index contributed by atoms with van der Waals surface area (Å²) in [5.41, 5.74) is 3.10. The first kappa shape index (κ1) is 21.9. The Bertz CT molecular complexity index is 1440. The van der Waals surface area contributed by atoms with Crippen LogP contribution in [0.15, 0.2) is 64.8 Å². The molecule has 168 valence electrons. The van der Waals surface area contributed by atoms with E-state index >= 15 is 0 Å². The van der Waals surface area contributed by atoms with Crippen LogP contribution in [0.5, 0.6) is 0 Å². The number of aromatic nitrogens is 3. The molecule has 0 saturated carbocycles. The Kier molecular flexibility index (Phi) is 5.89. The quantitative estimate of drug-likeness (QED) is 0.443. The van der Waals surface area contributed by atoms with Crippen LogP contribution < -0.4 is 4.90 Å². The summed E-state index contributed by atoms with van der Waals surface area (Å²) in [6.07, 6.45) is 5.23. The van der Waals surface area contributed by atoms with Gasteiger partial charge in [-0.25, -0.2) is 13.9 Å². The van der Waals surface area contributed by atoms with Gasteiger partial charge < -0.3 is 9.80 Å². The zero-order valence-electron chi connectivity index (χ0n) is 18.4. The van der Waals surface area contributed by atoms with E-state index in [0.29, 0.717) is 16.0 Å². The molecular weight excluding hydrogens is 449 g/mol. The van der Waals surface area contributed by atoms with Crippen LogP contribution in [0.1, 0.15) is 11.1 Å². The second kappa shape index (κ2) is 9.14. The summed E-state index contributed by atoms with van der Waals surface area (Å²) in [4.78, 5) is 10.6. The SMILES string of the molecule is CN1CCN(c2ccc(-c3cc(Sc4ccc(F)cc4C#N)c4c(C#N)cnn4c3)cn2)CC1. The van der Waals surface area contributed by atoms with Crippen molar-refractivity contribution in [2.75, 3.05) is 38.1 Å². The van der Waals surface area contributed by atoms with Crippen molar-refractivity contribution in [3.05, 3.63) is 71.9 Å². The molecule has 7 nitrogen and oxygen atoms in total. The van der Waals surface area contributed by atoms with Crippen LogP contribution in [0.2, 0.25) is 0 Å². The number of hydrogen-bond donors (Lipinski definition) is 0. The zero-order valence-corrected chi connectivity index (χ0v) is 19.3. The second-order valence-corrected chi connectivity index (χ2v) is 9.19. The van der Waals surface area contributed by atoms with E-state index in [4.69, 9.17) is 0 Å². The van der Waals surface area contributed by atoms with E-state index in [0.717, 1.165) is 48.0 Å². The lowest BCUT2D eigenvalue weighted by Crippen LogP contribution is -2.44. The van der Waals surface area contributed by atoms with Crippen LogP contribution in [0.25, 0.3) is 16.6 Å². The van der Waals surface area contributed by atoms with Gasteiger partial charge in [0.15, 0.2) is 0 Å². The molecule has 1 saturated heterocycles. The fourth-order valence-electron chi connectivity index (χ4n) is 3.98. The van der Waals surface area contributed by atoms with E-state index in [1.165, 1.54) is 30.1 Å². The highest BCUT2D eigenvalue weighted by molar-refractivity contribution is 7.99. The third kappa shape index (κ3) is 4.19. The number of rotatable bonds is 4. The van der Waals surface area contributed by atoms with Gasteiger partial charge in [0.05, 0.1) is 22.8 Å². The van der Waals surface area contributed by atoms with E-state index in [1.807, 2.05) is 36.7 Å². The molecule has 5 rings (SSSR count). The van der Waals surface area contributed by atoms with Crippen LogP contribution in [0, 0.1) is 28.5 Å². The van der Waals surface area contributed by atoms with Crippen molar-refractivity contribution in [1.82, 2.24) is 19.5 Å². The number of benzene rings is 1. The van der Waals surface area contributed by atoms with Crippen molar-refractivity contribution in [3.63, 3.8) is 0 Å². The molecule has 0 radical (unpaired) electrons. The number of halogens is 1. The number of nitrogens with zero attached hydrogens (tertiary/aromatic N) is 7. The molecule has 0 aliphatic carbocycles. The van der Waals surface area contributed by atoms with Crippen molar-refractivity contribution < 1.29 is 4.39 Å². The molecule has 3 aromatic heterocycles. The first-order valence-corrected chi connectivity index (χ1v) is 11.6. The number of anilines is 1. The molecule has 34 heavy (non-hydrogen) atoms. The van der Waals surface area contributed by atoms with E-state index in [1.54, 1.807) is 10.6 Å². The summed E-state index contributed by atoms with van der Waals surface area (Å²) in [5.74, 6) is 0.483. The van der Waals surface area contributed by atoms with Crippen LogP contribution in [-0.2, 0) is 0 Å². The number of fused-ring (bicyclic) bond motifs is 1. The maximum atomic E-state index is 13.6. The molecule has 1 aliphatic heterocycles. The minimum atomic E-state index is -0.464. The summed E-state index contributed by atoms with van der Waals surface area (Å²) in [7, 11) is 2.12. The molecule has 0 unspecified atom stereocenters. The van der Waals surface area contributed by atoms with Crippen molar-refractivity contribution in [2.24, 2.45) is 0 Å². The molecular formula is C25H20FN7S. The average Bonchev–Trinajstić information content (AvgIpc) is 3.29. The molecule has 4 aromatic rings. The topological polar surface area (TPSA) is 84.2 Å². The Balaban J connectivity index is 1.53. The van der Waals surface area contributed by atoms with Gasteiger partial charge in [-0.15, -0.1) is 0 Å². The summed E-state index contributed by atoms with van der Waals surface area (Å²) in [5, 5.41) is 23.4. The molecule has 1 fully saturated rings. The Hall–Kier alpha value is -3.92. The lowest BCUT2D eigenvalue weighted by Gasteiger charge is -2.33. The minimum Gasteiger partial charge on any atom is -0.354 e. The standard InChI is InChI=1S/C25H20FN7S/c1-31-6-8-32(9-7-31)24-5-2-17(14-29-24)19-11-23(25-20(13-28)15-30-33(25)16-19)34-22-4-3-21(26)10-18(22)12-27/h2-5,10-11,14-16H,6-9H2,1H3. The van der Waals surface area contributed by atoms with Crippen molar-refractivity contribution >= 4 is 23.1 Å². The minimum absolute atomic E-state index is 0.241. The van der Waals surface area contributed by atoms with Crippen molar-refractivity contribution in [3.8, 4) is 23.3 Å². The van der Waals surface area contributed by atoms with Crippen molar-refractivity contribution in [2.45, 2.75) is 9.79 Å². The fourth-order valence-corrected chi connectivity index (χ4v) is 5.05. The van der Waals surface area contributed by atoms with Gasteiger partial charge in [0.1, 0.15) is 23.8 Å². The number of pyridine rings is 2. The maximum absolute atomic E-state index is 13.6. The van der Waals surface area contributed by atoms with Gasteiger partial charge in [0, 0.05) is 59.5 Å². The van der Waals surface area contributed by atoms with Gasteiger partial charge >= 0.3 is 0 Å². The molecule has 9 heteroatoms. The Morgan fingerprint density at radius 2 is 1.71 bits per heavy atom. The van der Waals surface area contributed by atoms with Gasteiger partial charge in [-0.3, -0.25) is 0 Å². The Labute approximate surface area is 200 Å². The van der Waals surface area contributed by atoms with E-state index in [-0.39, 0.29) is 5.56 Å². The van der Waals surface area contributed by atoms with Crippen LogP contribution in [0.3, 0.4) is 0 Å². The largest absolute Gasteiger partial charge is 0.354 e. The molecule has 0 spiro atoms. The van der Waals surface area contributed by atoms with Gasteiger partial charge in [0.2, 0.25) is 0 Å². The lowest BCUT2D eigenvalue weighted by atomic mass is 10.1. The van der Waals surface area contributed by atoms with E-state index < -0.39 is 5.82 Å². The van der Waals surface area contributed by atoms with Crippen molar-refractivity contribution in [1.29, 1.82) is 10.5 Å². The summed E-state index contributed by atoms with van der Waals surface area (Å²) >= 11 is 1.31. The highest BCUT2D eigenvalue weighted by Gasteiger charge is 2.17. The van der Waals surface area contributed by atoms with Crippen LogP contribution in [-0.4, -0.2) is 52.7 Å². The monoisotopic (exact) mass is 469 g/mol. The molecule has 0 amide bonds. The lowest BCUT2D eigenvalue weighted by molar-refractivity contribution is 0.312. The molecule has 0 bridgehead atoms. The fraction of sp³-hybridized carbons (Fsp3) is 0.200. The highest BCUT2D eigenvalue weighted by atomic mass is 32.2. The molecule has 1 aliphatic rings. The summed E-state index contributed by atoms with van der Waals surface area (Å²) in [6.45, 7) is 3.90. The Morgan fingerprint density at radius 3 is 2.41 bits per heavy atom. The molecule has 0 N–H and O–H groups in total. The second-order valence-electron chi connectivity index (χ2n) is 8.11.